The number of aliphatic hydroxyl groups excluding tert-OH is 1. The van der Waals surface area contributed by atoms with Crippen molar-refractivity contribution in [3.63, 3.8) is 0 Å². The summed E-state index contributed by atoms with van der Waals surface area (Å²) in [5, 5.41) is 11.2. The van der Waals surface area contributed by atoms with Gasteiger partial charge in [-0.3, -0.25) is 14.6 Å². The first-order chi connectivity index (χ1) is 17.3. The van der Waals surface area contributed by atoms with E-state index >= 15 is 0 Å². The number of pyridine rings is 1. The lowest BCUT2D eigenvalue weighted by Gasteiger charge is -2.25. The number of carbonyl (C=O) groups excluding carboxylic acids is 1. The van der Waals surface area contributed by atoms with Crippen molar-refractivity contribution in [1.82, 2.24) is 4.98 Å². The summed E-state index contributed by atoms with van der Waals surface area (Å²) in [6.07, 6.45) is -8.23. The molecule has 0 bridgehead atoms. The zero-order valence-corrected chi connectivity index (χ0v) is 19.3. The Balaban J connectivity index is 1.70. The van der Waals surface area contributed by atoms with Crippen LogP contribution in [-0.4, -0.2) is 27.8 Å². The zero-order valence-electron chi connectivity index (χ0n) is 19.3. The third-order valence-corrected chi connectivity index (χ3v) is 6.29. The quantitative estimate of drug-likeness (QED) is 0.362. The number of hydrogen-bond donors (Lipinski definition) is 3. The minimum absolute atomic E-state index is 0.0413. The standard InChI is InChI=1S/C25H21F6N3O3/c1-12-5-6-14(10-20(12)35)33-13-7-8-18(17(9-13)25(29,30)31)34-23(37)15-11-32-19-4-2-3-16(24(26,27)28)21(19)22(15)36/h2-4,7-9,11-12,20,35H,5-6,10H2,1H3,(H,32,36)(H,34,37)/t12?,20-/m1/s1. The van der Waals surface area contributed by atoms with Crippen molar-refractivity contribution in [2.24, 2.45) is 10.9 Å². The minimum atomic E-state index is -4.92. The third-order valence-electron chi connectivity index (χ3n) is 6.29. The number of alkyl halides is 6. The van der Waals surface area contributed by atoms with Gasteiger partial charge in [0.1, 0.15) is 5.56 Å². The van der Waals surface area contributed by atoms with Crippen LogP contribution in [-0.2, 0) is 12.4 Å². The maximum atomic E-state index is 13.8. The molecular weight excluding hydrogens is 504 g/mol. The van der Waals surface area contributed by atoms with Crippen molar-refractivity contribution in [3.8, 4) is 0 Å². The molecule has 0 aliphatic heterocycles. The van der Waals surface area contributed by atoms with Gasteiger partial charge in [0.15, 0.2) is 0 Å². The van der Waals surface area contributed by atoms with Gasteiger partial charge in [0.25, 0.3) is 5.91 Å². The summed E-state index contributed by atoms with van der Waals surface area (Å²) in [5.74, 6) is -1.26. The Hall–Kier alpha value is -3.67. The van der Waals surface area contributed by atoms with Crippen LogP contribution < -0.4 is 10.7 Å². The number of aromatic amines is 1. The zero-order chi connectivity index (χ0) is 27.1. The number of aliphatic hydroxyl groups is 1. The summed E-state index contributed by atoms with van der Waals surface area (Å²) in [6, 6.07) is 5.87. The SMILES string of the molecule is CC1CCC(=Nc2ccc(NC(=O)c3c[nH]c4cccc(C(F)(F)F)c4c3=O)c(C(F)(F)F)c2)C[C@H]1O. The van der Waals surface area contributed by atoms with E-state index in [4.69, 9.17) is 0 Å². The molecule has 1 heterocycles. The first-order valence-electron chi connectivity index (χ1n) is 11.2. The molecule has 196 valence electrons. The molecule has 1 fully saturated rings. The van der Waals surface area contributed by atoms with Crippen molar-refractivity contribution >= 4 is 33.9 Å². The topological polar surface area (TPSA) is 94.5 Å². The monoisotopic (exact) mass is 525 g/mol. The molecule has 1 aliphatic rings. The average molecular weight is 525 g/mol. The maximum Gasteiger partial charge on any atom is 0.418 e. The van der Waals surface area contributed by atoms with Crippen LogP contribution in [0.1, 0.15) is 47.7 Å². The van der Waals surface area contributed by atoms with Crippen LogP contribution in [0.3, 0.4) is 0 Å². The van der Waals surface area contributed by atoms with Gasteiger partial charge in [0.05, 0.1) is 34.0 Å². The molecule has 3 N–H and O–H groups in total. The highest BCUT2D eigenvalue weighted by molar-refractivity contribution is 6.06. The lowest BCUT2D eigenvalue weighted by molar-refractivity contribution is -0.137. The molecular formula is C25H21F6N3O3. The fraction of sp³-hybridized carbons (Fsp3) is 0.320. The van der Waals surface area contributed by atoms with Gasteiger partial charge in [-0.15, -0.1) is 0 Å². The molecule has 1 saturated carbocycles. The lowest BCUT2D eigenvalue weighted by Crippen LogP contribution is -2.27. The van der Waals surface area contributed by atoms with E-state index in [1.165, 1.54) is 12.1 Å². The molecule has 37 heavy (non-hydrogen) atoms. The van der Waals surface area contributed by atoms with E-state index in [1.54, 1.807) is 0 Å². The number of halogens is 6. The first-order valence-corrected chi connectivity index (χ1v) is 11.2. The van der Waals surface area contributed by atoms with Gasteiger partial charge >= 0.3 is 12.4 Å². The molecule has 1 amide bonds. The number of H-pyrrole nitrogens is 1. The van der Waals surface area contributed by atoms with E-state index in [0.717, 1.165) is 24.4 Å². The fourth-order valence-electron chi connectivity index (χ4n) is 4.22. The van der Waals surface area contributed by atoms with Gasteiger partial charge in [-0.1, -0.05) is 13.0 Å². The van der Waals surface area contributed by atoms with Crippen LogP contribution in [0, 0.1) is 5.92 Å². The molecule has 0 spiro atoms. The molecule has 1 aliphatic carbocycles. The van der Waals surface area contributed by atoms with E-state index in [-0.39, 0.29) is 23.5 Å². The van der Waals surface area contributed by atoms with Crippen LogP contribution in [0.5, 0.6) is 0 Å². The second-order valence-electron chi connectivity index (χ2n) is 8.90. The van der Waals surface area contributed by atoms with Crippen molar-refractivity contribution in [2.45, 2.75) is 44.6 Å². The Bertz CT molecular complexity index is 1440. The number of aliphatic imine (C=N–C) groups is 1. The lowest BCUT2D eigenvalue weighted by atomic mass is 9.86. The van der Waals surface area contributed by atoms with Gasteiger partial charge in [0.2, 0.25) is 5.43 Å². The molecule has 2 aromatic carbocycles. The van der Waals surface area contributed by atoms with Crippen LogP contribution in [0.2, 0.25) is 0 Å². The summed E-state index contributed by atoms with van der Waals surface area (Å²) in [5.41, 5.74) is -4.96. The molecule has 3 aromatic rings. The average Bonchev–Trinajstić information content (AvgIpc) is 2.81. The molecule has 0 saturated heterocycles. The smallest absolute Gasteiger partial charge is 0.392 e. The number of hydrogen-bond acceptors (Lipinski definition) is 4. The van der Waals surface area contributed by atoms with Crippen molar-refractivity contribution in [1.29, 1.82) is 0 Å². The number of amides is 1. The number of aromatic nitrogens is 1. The summed E-state index contributed by atoms with van der Waals surface area (Å²) >= 11 is 0. The number of nitrogens with one attached hydrogen (secondary N) is 2. The minimum Gasteiger partial charge on any atom is -0.392 e. The van der Waals surface area contributed by atoms with Gasteiger partial charge in [-0.05, 0) is 49.1 Å². The number of benzene rings is 2. The predicted molar refractivity (Wildman–Crippen MR) is 125 cm³/mol. The molecule has 6 nitrogen and oxygen atoms in total. The Morgan fingerprint density at radius 2 is 1.78 bits per heavy atom. The van der Waals surface area contributed by atoms with E-state index in [9.17, 15) is 41.0 Å². The van der Waals surface area contributed by atoms with Crippen molar-refractivity contribution in [2.75, 3.05) is 5.32 Å². The highest BCUT2D eigenvalue weighted by Gasteiger charge is 2.36. The summed E-state index contributed by atoms with van der Waals surface area (Å²) in [7, 11) is 0. The van der Waals surface area contributed by atoms with Crippen molar-refractivity contribution in [3.05, 3.63) is 69.5 Å². The summed E-state index contributed by atoms with van der Waals surface area (Å²) in [6.45, 7) is 1.87. The van der Waals surface area contributed by atoms with Gasteiger partial charge in [-0.2, -0.15) is 26.3 Å². The maximum absolute atomic E-state index is 13.8. The van der Waals surface area contributed by atoms with Crippen LogP contribution in [0.4, 0.5) is 37.7 Å². The number of fused-ring (bicyclic) bond motifs is 1. The Morgan fingerprint density at radius 1 is 1.08 bits per heavy atom. The van der Waals surface area contributed by atoms with E-state index in [0.29, 0.717) is 24.6 Å². The van der Waals surface area contributed by atoms with E-state index < -0.39 is 57.6 Å². The number of rotatable bonds is 3. The molecule has 4 rings (SSSR count). The van der Waals surface area contributed by atoms with Crippen LogP contribution in [0.25, 0.3) is 10.9 Å². The van der Waals surface area contributed by atoms with Crippen molar-refractivity contribution < 1.29 is 36.2 Å². The first kappa shape index (κ1) is 26.4. The molecule has 2 atom stereocenters. The molecule has 0 radical (unpaired) electrons. The Morgan fingerprint density at radius 3 is 2.43 bits per heavy atom. The van der Waals surface area contributed by atoms with Gasteiger partial charge in [-0.25, -0.2) is 0 Å². The van der Waals surface area contributed by atoms with Crippen LogP contribution in [0.15, 0.2) is 52.4 Å². The van der Waals surface area contributed by atoms with Gasteiger partial charge < -0.3 is 15.4 Å². The molecule has 12 heteroatoms. The predicted octanol–water partition coefficient (Wildman–Crippen LogP) is 6.07. The fourth-order valence-corrected chi connectivity index (χ4v) is 4.22. The summed E-state index contributed by atoms with van der Waals surface area (Å²) < 4.78 is 81.7. The number of anilines is 1. The second kappa shape index (κ2) is 9.66. The summed E-state index contributed by atoms with van der Waals surface area (Å²) in [4.78, 5) is 32.2. The van der Waals surface area contributed by atoms with E-state index in [2.05, 4.69) is 9.98 Å². The van der Waals surface area contributed by atoms with E-state index in [1.807, 2.05) is 12.2 Å². The Kier molecular flexibility index (Phi) is 6.89. The highest BCUT2D eigenvalue weighted by atomic mass is 19.4. The van der Waals surface area contributed by atoms with Gasteiger partial charge in [0, 0.05) is 23.8 Å². The number of carbonyl (C=O) groups is 1. The second-order valence-corrected chi connectivity index (χ2v) is 8.90. The highest BCUT2D eigenvalue weighted by Crippen LogP contribution is 2.38. The third kappa shape index (κ3) is 5.53. The molecule has 1 aromatic heterocycles. The molecule has 1 unspecified atom stereocenters. The van der Waals surface area contributed by atoms with Crippen LogP contribution >= 0.6 is 0 Å². The largest absolute Gasteiger partial charge is 0.418 e. The number of nitrogens with zero attached hydrogens (tertiary/aromatic N) is 1. The normalized spacial score (nSPS) is 19.8. The Labute approximate surface area is 206 Å².